The number of hydrogen-bond acceptors (Lipinski definition) is 4. The molecule has 10 heteroatoms. The van der Waals surface area contributed by atoms with Gasteiger partial charge in [0.25, 0.3) is 10.0 Å². The number of nitrogens with one attached hydrogen (secondary N) is 1. The molecule has 1 N–H and O–H groups in total. The van der Waals surface area contributed by atoms with E-state index in [4.69, 9.17) is 23.2 Å². The van der Waals surface area contributed by atoms with Gasteiger partial charge in [0.1, 0.15) is 12.6 Å². The number of nitrogens with zero attached hydrogens (tertiary/aromatic N) is 2. The summed E-state index contributed by atoms with van der Waals surface area (Å²) in [6.07, 6.45) is 0.932. The van der Waals surface area contributed by atoms with E-state index >= 15 is 0 Å². The first-order chi connectivity index (χ1) is 21.5. The van der Waals surface area contributed by atoms with Gasteiger partial charge in [0.15, 0.2) is 0 Å². The molecule has 2 atom stereocenters. The normalized spacial score (nSPS) is 12.6. The Labute approximate surface area is 275 Å². The maximum absolute atomic E-state index is 14.5. The minimum absolute atomic E-state index is 0.0340. The number of sulfonamides is 1. The van der Waals surface area contributed by atoms with Crippen LogP contribution in [0.25, 0.3) is 0 Å². The summed E-state index contributed by atoms with van der Waals surface area (Å²) in [5.41, 5.74) is 2.49. The lowest BCUT2D eigenvalue weighted by molar-refractivity contribution is -0.140. The van der Waals surface area contributed by atoms with Gasteiger partial charge in [-0.1, -0.05) is 90.8 Å². The van der Waals surface area contributed by atoms with E-state index in [-0.39, 0.29) is 29.8 Å². The van der Waals surface area contributed by atoms with Crippen molar-refractivity contribution in [1.82, 2.24) is 10.2 Å². The zero-order valence-corrected chi connectivity index (χ0v) is 27.8. The minimum atomic E-state index is -4.20. The van der Waals surface area contributed by atoms with Gasteiger partial charge >= 0.3 is 0 Å². The Morgan fingerprint density at radius 2 is 1.42 bits per heavy atom. The average molecular weight is 667 g/mol. The highest BCUT2D eigenvalue weighted by molar-refractivity contribution is 7.92. The Morgan fingerprint density at radius 1 is 0.822 bits per heavy atom. The highest BCUT2D eigenvalue weighted by Gasteiger charge is 2.35. The summed E-state index contributed by atoms with van der Waals surface area (Å²) in [7, 11) is -4.20. The second kappa shape index (κ2) is 15.4. The van der Waals surface area contributed by atoms with Crippen LogP contribution in [-0.2, 0) is 32.6 Å². The fourth-order valence-corrected chi connectivity index (χ4v) is 6.77. The second-order valence-corrected chi connectivity index (χ2v) is 13.7. The van der Waals surface area contributed by atoms with E-state index in [1.54, 1.807) is 67.6 Å². The van der Waals surface area contributed by atoms with Crippen LogP contribution in [0.5, 0.6) is 0 Å². The number of hydrogen-bond donors (Lipinski definition) is 1. The first-order valence-corrected chi connectivity index (χ1v) is 16.9. The van der Waals surface area contributed by atoms with Crippen molar-refractivity contribution in [3.05, 3.63) is 130 Å². The number of aryl methyl sites for hydroxylation is 1. The van der Waals surface area contributed by atoms with Crippen LogP contribution in [0.4, 0.5) is 5.69 Å². The van der Waals surface area contributed by atoms with Crippen LogP contribution in [0.3, 0.4) is 0 Å². The summed E-state index contributed by atoms with van der Waals surface area (Å²) < 4.78 is 29.4. The third-order valence-corrected chi connectivity index (χ3v) is 9.84. The Hall–Kier alpha value is -3.85. The molecule has 0 saturated heterocycles. The summed E-state index contributed by atoms with van der Waals surface area (Å²) in [6, 6.07) is 28.2. The lowest BCUT2D eigenvalue weighted by Crippen LogP contribution is -2.54. The highest BCUT2D eigenvalue weighted by Crippen LogP contribution is 2.29. The third kappa shape index (κ3) is 8.87. The molecular formula is C35H37Cl2N3O4S. The molecule has 0 bridgehead atoms. The van der Waals surface area contributed by atoms with E-state index in [0.717, 1.165) is 15.4 Å². The van der Waals surface area contributed by atoms with Gasteiger partial charge in [-0.15, -0.1) is 0 Å². The molecule has 0 radical (unpaired) electrons. The first kappa shape index (κ1) is 34.0. The van der Waals surface area contributed by atoms with Crippen molar-refractivity contribution in [3.8, 4) is 0 Å². The highest BCUT2D eigenvalue weighted by atomic mass is 35.5. The first-order valence-electron chi connectivity index (χ1n) is 14.7. The molecule has 4 aromatic carbocycles. The van der Waals surface area contributed by atoms with Crippen LogP contribution in [0.2, 0.25) is 10.0 Å². The van der Waals surface area contributed by atoms with E-state index in [1.165, 1.54) is 17.0 Å². The molecule has 0 aliphatic heterocycles. The molecule has 4 rings (SSSR count). The Kier molecular flexibility index (Phi) is 11.7. The molecule has 0 fully saturated rings. The second-order valence-electron chi connectivity index (χ2n) is 10.9. The molecule has 7 nitrogen and oxygen atoms in total. The zero-order chi connectivity index (χ0) is 32.6. The Morgan fingerprint density at radius 3 is 2.02 bits per heavy atom. The smallest absolute Gasteiger partial charge is 0.264 e. The Bertz CT molecular complexity index is 1700. The molecule has 0 aromatic heterocycles. The van der Waals surface area contributed by atoms with Crippen molar-refractivity contribution >= 4 is 50.7 Å². The predicted molar refractivity (Wildman–Crippen MR) is 181 cm³/mol. The van der Waals surface area contributed by atoms with Gasteiger partial charge in [-0.05, 0) is 79.4 Å². The van der Waals surface area contributed by atoms with Gasteiger partial charge in [0, 0.05) is 29.1 Å². The molecule has 0 unspecified atom stereocenters. The molecule has 45 heavy (non-hydrogen) atoms. The lowest BCUT2D eigenvalue weighted by atomic mass is 10.0. The summed E-state index contributed by atoms with van der Waals surface area (Å²) in [5.74, 6) is -0.866. The maximum Gasteiger partial charge on any atom is 0.264 e. The largest absolute Gasteiger partial charge is 0.352 e. The molecule has 0 spiro atoms. The van der Waals surface area contributed by atoms with Crippen molar-refractivity contribution in [2.75, 3.05) is 10.8 Å². The van der Waals surface area contributed by atoms with Gasteiger partial charge in [-0.2, -0.15) is 0 Å². The SMILES string of the molecule is CC[C@@H](C)NC(=O)[C@@H](Cc1ccccc1)N(Cc1ccc(Cl)cc1)C(=O)CN(c1ccc(Cl)cc1C)S(=O)(=O)c1ccccc1. The van der Waals surface area contributed by atoms with Gasteiger partial charge < -0.3 is 10.2 Å². The van der Waals surface area contributed by atoms with Crippen molar-refractivity contribution in [2.24, 2.45) is 0 Å². The van der Waals surface area contributed by atoms with Crippen LogP contribution in [0.15, 0.2) is 108 Å². The molecule has 0 heterocycles. The standard InChI is InChI=1S/C35H37Cl2N3O4S/c1-4-26(3)38-35(42)33(22-27-11-7-5-8-12-27)39(23-28-15-17-29(36)18-16-28)34(41)24-40(32-20-19-30(37)21-25(32)2)45(43,44)31-13-9-6-10-14-31/h5-21,26,33H,4,22-24H2,1-3H3,(H,38,42)/t26-,33-/m1/s1. The van der Waals surface area contributed by atoms with Crippen LogP contribution in [-0.4, -0.2) is 43.8 Å². The third-order valence-electron chi connectivity index (χ3n) is 7.58. The molecule has 0 aliphatic rings. The van der Waals surface area contributed by atoms with Gasteiger partial charge in [0.2, 0.25) is 11.8 Å². The average Bonchev–Trinajstić information content (AvgIpc) is 3.03. The summed E-state index contributed by atoms with van der Waals surface area (Å²) in [5, 5.41) is 4.01. The molecule has 0 saturated carbocycles. The summed E-state index contributed by atoms with van der Waals surface area (Å²) >= 11 is 12.4. The van der Waals surface area contributed by atoms with Crippen LogP contribution < -0.4 is 9.62 Å². The fourth-order valence-electron chi connectivity index (χ4n) is 4.91. The number of amides is 2. The van der Waals surface area contributed by atoms with Crippen molar-refractivity contribution in [3.63, 3.8) is 0 Å². The van der Waals surface area contributed by atoms with Crippen molar-refractivity contribution in [1.29, 1.82) is 0 Å². The van der Waals surface area contributed by atoms with Crippen molar-refractivity contribution < 1.29 is 18.0 Å². The van der Waals surface area contributed by atoms with Crippen LogP contribution in [0, 0.1) is 6.92 Å². The molecule has 2 amide bonds. The topological polar surface area (TPSA) is 86.8 Å². The summed E-state index contributed by atoms with van der Waals surface area (Å²) in [6.45, 7) is 5.12. The minimum Gasteiger partial charge on any atom is -0.352 e. The lowest BCUT2D eigenvalue weighted by Gasteiger charge is -2.34. The molecular weight excluding hydrogens is 629 g/mol. The quantitative estimate of drug-likeness (QED) is 0.166. The molecule has 4 aromatic rings. The van der Waals surface area contributed by atoms with Gasteiger partial charge in [0.05, 0.1) is 10.6 Å². The number of carbonyl (C=O) groups is 2. The maximum atomic E-state index is 14.5. The van der Waals surface area contributed by atoms with E-state index < -0.39 is 28.5 Å². The van der Waals surface area contributed by atoms with E-state index in [0.29, 0.717) is 27.7 Å². The van der Waals surface area contributed by atoms with E-state index in [9.17, 15) is 18.0 Å². The number of carbonyl (C=O) groups excluding carboxylic acids is 2. The Balaban J connectivity index is 1.82. The van der Waals surface area contributed by atoms with E-state index in [1.807, 2.05) is 44.2 Å². The predicted octanol–water partition coefficient (Wildman–Crippen LogP) is 7.05. The van der Waals surface area contributed by atoms with Crippen LogP contribution in [0.1, 0.15) is 37.0 Å². The van der Waals surface area contributed by atoms with Crippen molar-refractivity contribution in [2.45, 2.75) is 57.1 Å². The number of rotatable bonds is 13. The summed E-state index contributed by atoms with van der Waals surface area (Å²) in [4.78, 5) is 29.9. The molecule has 236 valence electrons. The number of benzene rings is 4. The van der Waals surface area contributed by atoms with Gasteiger partial charge in [-0.25, -0.2) is 8.42 Å². The van der Waals surface area contributed by atoms with Crippen LogP contribution >= 0.6 is 23.2 Å². The number of halogens is 2. The van der Waals surface area contributed by atoms with E-state index in [2.05, 4.69) is 5.32 Å². The molecule has 0 aliphatic carbocycles. The monoisotopic (exact) mass is 665 g/mol. The fraction of sp³-hybridized carbons (Fsp3) is 0.257. The zero-order valence-electron chi connectivity index (χ0n) is 25.5. The number of anilines is 1. The van der Waals surface area contributed by atoms with Gasteiger partial charge in [-0.3, -0.25) is 13.9 Å².